The van der Waals surface area contributed by atoms with Crippen LogP contribution in [0.5, 0.6) is 0 Å². The molecule has 2 heteroatoms. The van der Waals surface area contributed by atoms with Crippen molar-refractivity contribution in [1.29, 1.82) is 0 Å². The van der Waals surface area contributed by atoms with Gasteiger partial charge >= 0.3 is 0 Å². The molecule has 0 aliphatic carbocycles. The number of anilines is 1. The van der Waals surface area contributed by atoms with E-state index in [4.69, 9.17) is 0 Å². The van der Waals surface area contributed by atoms with Gasteiger partial charge in [0.15, 0.2) is 0 Å². The lowest BCUT2D eigenvalue weighted by molar-refractivity contribution is 0.157. The average molecular weight is 274 g/mol. The van der Waals surface area contributed by atoms with E-state index in [0.717, 1.165) is 19.0 Å². The largest absolute Gasteiger partial charge is 0.384 e. The predicted molar refractivity (Wildman–Crippen MR) is 88.3 cm³/mol. The first-order chi connectivity index (χ1) is 9.63. The van der Waals surface area contributed by atoms with Gasteiger partial charge in [-0.05, 0) is 42.4 Å². The number of rotatable bonds is 7. The summed E-state index contributed by atoms with van der Waals surface area (Å²) in [5.41, 5.74) is 4.29. The summed E-state index contributed by atoms with van der Waals surface area (Å²) < 4.78 is 0. The van der Waals surface area contributed by atoms with E-state index in [9.17, 15) is 0 Å². The van der Waals surface area contributed by atoms with E-state index in [0.29, 0.717) is 6.04 Å². The third-order valence-corrected chi connectivity index (χ3v) is 4.33. The van der Waals surface area contributed by atoms with Crippen molar-refractivity contribution in [1.82, 2.24) is 4.90 Å². The van der Waals surface area contributed by atoms with Crippen LogP contribution in [-0.2, 0) is 13.0 Å². The van der Waals surface area contributed by atoms with E-state index in [1.807, 2.05) is 0 Å². The fraction of sp³-hybridized carbons (Fsp3) is 0.667. The highest BCUT2D eigenvalue weighted by molar-refractivity contribution is 5.57. The molecule has 2 nitrogen and oxygen atoms in total. The molecule has 0 saturated heterocycles. The quantitative estimate of drug-likeness (QED) is 0.797. The van der Waals surface area contributed by atoms with Crippen LogP contribution in [0.1, 0.15) is 51.7 Å². The topological polar surface area (TPSA) is 15.3 Å². The minimum absolute atomic E-state index is 0.707. The second kappa shape index (κ2) is 7.12. The van der Waals surface area contributed by atoms with Gasteiger partial charge in [0, 0.05) is 31.4 Å². The summed E-state index contributed by atoms with van der Waals surface area (Å²) in [7, 11) is 0. The number of fused-ring (bicyclic) bond motifs is 1. The average Bonchev–Trinajstić information content (AvgIpc) is 2.86. The zero-order chi connectivity index (χ0) is 14.5. The third kappa shape index (κ3) is 3.76. The van der Waals surface area contributed by atoms with Crippen molar-refractivity contribution in [2.75, 3.05) is 18.4 Å². The molecule has 0 spiro atoms. The molecule has 1 aromatic rings. The molecule has 0 fully saturated rings. The molecular weight excluding hydrogens is 244 g/mol. The Bertz CT molecular complexity index is 421. The Morgan fingerprint density at radius 3 is 2.60 bits per heavy atom. The molecule has 1 aliphatic heterocycles. The van der Waals surface area contributed by atoms with Crippen LogP contribution < -0.4 is 5.32 Å². The van der Waals surface area contributed by atoms with E-state index in [1.165, 1.54) is 42.6 Å². The highest BCUT2D eigenvalue weighted by atomic mass is 15.2. The van der Waals surface area contributed by atoms with Gasteiger partial charge in [0.2, 0.25) is 0 Å². The summed E-state index contributed by atoms with van der Waals surface area (Å²) in [6.07, 6.45) is 3.66. The van der Waals surface area contributed by atoms with Crippen LogP contribution in [0.15, 0.2) is 18.2 Å². The number of nitrogens with one attached hydrogen (secondary N) is 1. The maximum absolute atomic E-state index is 3.49. The molecule has 1 aliphatic rings. The van der Waals surface area contributed by atoms with Gasteiger partial charge in [0.1, 0.15) is 0 Å². The Balaban J connectivity index is 2.10. The second-order valence-electron chi connectivity index (χ2n) is 6.46. The Labute approximate surface area is 124 Å². The molecule has 0 saturated carbocycles. The monoisotopic (exact) mass is 274 g/mol. The van der Waals surface area contributed by atoms with Crippen molar-refractivity contribution < 1.29 is 0 Å². The van der Waals surface area contributed by atoms with Crippen molar-refractivity contribution in [3.8, 4) is 0 Å². The first-order valence-electron chi connectivity index (χ1n) is 8.23. The van der Waals surface area contributed by atoms with Crippen molar-refractivity contribution >= 4 is 5.69 Å². The molecule has 0 aromatic heterocycles. The van der Waals surface area contributed by atoms with Crippen LogP contribution >= 0.6 is 0 Å². The highest BCUT2D eigenvalue weighted by Gasteiger charge is 2.18. The second-order valence-corrected chi connectivity index (χ2v) is 6.46. The molecule has 20 heavy (non-hydrogen) atoms. The molecule has 2 rings (SSSR count). The maximum Gasteiger partial charge on any atom is 0.0376 e. The fourth-order valence-electron chi connectivity index (χ4n) is 3.29. The van der Waals surface area contributed by atoms with E-state index < -0.39 is 0 Å². The number of hydrogen-bond donors (Lipinski definition) is 1. The number of benzene rings is 1. The van der Waals surface area contributed by atoms with Crippen LogP contribution in [0.25, 0.3) is 0 Å². The Morgan fingerprint density at radius 1 is 1.20 bits per heavy atom. The summed E-state index contributed by atoms with van der Waals surface area (Å²) >= 11 is 0. The smallest absolute Gasteiger partial charge is 0.0376 e. The van der Waals surface area contributed by atoms with Gasteiger partial charge in [-0.3, -0.25) is 4.90 Å². The summed E-state index contributed by atoms with van der Waals surface area (Å²) in [5, 5.41) is 3.49. The SMILES string of the molecule is CCC(CC)N(Cc1ccc2c(c1)NCC2)CC(C)C. The van der Waals surface area contributed by atoms with Crippen molar-refractivity contribution in [3.05, 3.63) is 29.3 Å². The zero-order valence-electron chi connectivity index (χ0n) is 13.6. The lowest BCUT2D eigenvalue weighted by atomic mass is 10.0. The predicted octanol–water partition coefficient (Wildman–Crippen LogP) is 4.30. The third-order valence-electron chi connectivity index (χ3n) is 4.33. The van der Waals surface area contributed by atoms with E-state index >= 15 is 0 Å². The van der Waals surface area contributed by atoms with Crippen LogP contribution in [0.3, 0.4) is 0 Å². The molecule has 0 radical (unpaired) electrons. The summed E-state index contributed by atoms with van der Waals surface area (Å²) in [4.78, 5) is 2.67. The van der Waals surface area contributed by atoms with Gasteiger partial charge in [-0.25, -0.2) is 0 Å². The minimum atomic E-state index is 0.707. The lowest BCUT2D eigenvalue weighted by Crippen LogP contribution is -2.36. The van der Waals surface area contributed by atoms with Gasteiger partial charge in [0.05, 0.1) is 0 Å². The van der Waals surface area contributed by atoms with Crippen molar-refractivity contribution in [2.24, 2.45) is 5.92 Å². The van der Waals surface area contributed by atoms with E-state index in [1.54, 1.807) is 0 Å². The van der Waals surface area contributed by atoms with Crippen LogP contribution in [0, 0.1) is 5.92 Å². The molecule has 0 amide bonds. The highest BCUT2D eigenvalue weighted by Crippen LogP contribution is 2.25. The Hall–Kier alpha value is -1.02. The number of hydrogen-bond acceptors (Lipinski definition) is 2. The van der Waals surface area contributed by atoms with Crippen molar-refractivity contribution in [3.63, 3.8) is 0 Å². The molecule has 1 aromatic carbocycles. The fourth-order valence-corrected chi connectivity index (χ4v) is 3.29. The van der Waals surface area contributed by atoms with E-state index in [2.05, 4.69) is 56.1 Å². The lowest BCUT2D eigenvalue weighted by Gasteiger charge is -2.32. The first-order valence-corrected chi connectivity index (χ1v) is 8.23. The van der Waals surface area contributed by atoms with Gasteiger partial charge < -0.3 is 5.32 Å². The molecular formula is C18H30N2. The van der Waals surface area contributed by atoms with Gasteiger partial charge in [-0.15, -0.1) is 0 Å². The van der Waals surface area contributed by atoms with Crippen LogP contribution in [0.2, 0.25) is 0 Å². The summed E-state index contributed by atoms with van der Waals surface area (Å²) in [6.45, 7) is 12.6. The molecule has 0 unspecified atom stereocenters. The standard InChI is InChI=1S/C18H30N2/c1-5-17(6-2)20(12-14(3)4)13-15-7-8-16-9-10-19-18(16)11-15/h7-8,11,14,17,19H,5-6,9-10,12-13H2,1-4H3. The van der Waals surface area contributed by atoms with Gasteiger partial charge in [-0.2, -0.15) is 0 Å². The van der Waals surface area contributed by atoms with E-state index in [-0.39, 0.29) is 0 Å². The first kappa shape index (κ1) is 15.4. The normalized spacial score (nSPS) is 14.2. The van der Waals surface area contributed by atoms with Crippen molar-refractivity contribution in [2.45, 2.75) is 59.5 Å². The molecule has 0 atom stereocenters. The zero-order valence-corrected chi connectivity index (χ0v) is 13.6. The molecule has 1 N–H and O–H groups in total. The molecule has 0 bridgehead atoms. The Kier molecular flexibility index (Phi) is 5.47. The minimum Gasteiger partial charge on any atom is -0.384 e. The summed E-state index contributed by atoms with van der Waals surface area (Å²) in [5.74, 6) is 0.725. The van der Waals surface area contributed by atoms with Crippen LogP contribution in [0.4, 0.5) is 5.69 Å². The molecule has 112 valence electrons. The van der Waals surface area contributed by atoms with Gasteiger partial charge in [-0.1, -0.05) is 39.8 Å². The van der Waals surface area contributed by atoms with Crippen LogP contribution in [-0.4, -0.2) is 24.0 Å². The maximum atomic E-state index is 3.49. The number of nitrogens with zero attached hydrogens (tertiary/aromatic N) is 1. The molecule has 1 heterocycles. The summed E-state index contributed by atoms with van der Waals surface area (Å²) in [6, 6.07) is 7.70. The van der Waals surface area contributed by atoms with Gasteiger partial charge in [0.25, 0.3) is 0 Å². The Morgan fingerprint density at radius 2 is 1.95 bits per heavy atom.